The molecule has 0 bridgehead atoms. The first-order chi connectivity index (χ1) is 5.04. The summed E-state index contributed by atoms with van der Waals surface area (Å²) in [5.41, 5.74) is 2.37. The molecule has 0 aliphatic rings. The maximum atomic E-state index is 11.3. The third-order valence-corrected chi connectivity index (χ3v) is 2.36. The van der Waals surface area contributed by atoms with Crippen molar-refractivity contribution < 1.29 is 5.11 Å². The minimum Gasteiger partial charge on any atom is -0.289 e. The number of rotatable bonds is 0. The van der Waals surface area contributed by atoms with Gasteiger partial charge >= 0.3 is 0 Å². The summed E-state index contributed by atoms with van der Waals surface area (Å²) in [5, 5.41) is 12.0. The summed E-state index contributed by atoms with van der Waals surface area (Å²) < 4.78 is 0. The van der Waals surface area contributed by atoms with Crippen LogP contribution >= 0.6 is 11.6 Å². The summed E-state index contributed by atoms with van der Waals surface area (Å²) in [6.07, 6.45) is 0. The van der Waals surface area contributed by atoms with Gasteiger partial charge in [-0.05, 0) is 38.0 Å². The molecule has 0 aromatic heterocycles. The molecule has 0 aliphatic heterocycles. The van der Waals surface area contributed by atoms with Crippen LogP contribution in [0.3, 0.4) is 0 Å². The van der Waals surface area contributed by atoms with Gasteiger partial charge in [-0.2, -0.15) is 0 Å². The molecule has 1 aromatic carbocycles. The van der Waals surface area contributed by atoms with Crippen LogP contribution < -0.4 is 0 Å². The maximum Gasteiger partial charge on any atom is 0.184 e. The number of benzene rings is 1. The van der Waals surface area contributed by atoms with E-state index in [0.717, 1.165) is 16.7 Å². The van der Waals surface area contributed by atoms with E-state index in [1.54, 1.807) is 19.9 Å². The van der Waals surface area contributed by atoms with Crippen LogP contribution in [0.5, 0.6) is 5.75 Å². The van der Waals surface area contributed by atoms with Crippen molar-refractivity contribution in [2.75, 3.05) is 0 Å². The molecule has 1 nitrogen and oxygen atoms in total. The van der Waals surface area contributed by atoms with Crippen LogP contribution in [-0.2, 0) is 5.11 Å². The average molecular weight is 170 g/mol. The molecule has 0 unspecified atom stereocenters. The van der Waals surface area contributed by atoms with E-state index in [2.05, 4.69) is 0 Å². The Morgan fingerprint density at radius 3 is 2.27 bits per heavy atom. The van der Waals surface area contributed by atoms with Gasteiger partial charge in [-0.3, -0.25) is 5.11 Å². The summed E-state index contributed by atoms with van der Waals surface area (Å²) in [5.74, 6) is 0.104. The minimum absolute atomic E-state index is 0.104. The van der Waals surface area contributed by atoms with Crippen molar-refractivity contribution in [2.24, 2.45) is 0 Å². The number of halogens is 1. The van der Waals surface area contributed by atoms with Crippen LogP contribution in [-0.4, -0.2) is 0 Å². The predicted molar refractivity (Wildman–Crippen MR) is 45.8 cm³/mol. The van der Waals surface area contributed by atoms with Gasteiger partial charge in [0.1, 0.15) is 0 Å². The van der Waals surface area contributed by atoms with Gasteiger partial charge in [-0.1, -0.05) is 11.6 Å². The molecular formula is C9H10ClO. The third-order valence-electron chi connectivity index (χ3n) is 1.96. The maximum absolute atomic E-state index is 11.3. The zero-order chi connectivity index (χ0) is 8.59. The molecular weight excluding hydrogens is 160 g/mol. The van der Waals surface area contributed by atoms with Crippen molar-refractivity contribution in [3.8, 4) is 5.75 Å². The molecule has 59 valence electrons. The molecule has 11 heavy (non-hydrogen) atoms. The molecule has 2 heteroatoms. The van der Waals surface area contributed by atoms with Crippen LogP contribution in [0, 0.1) is 20.8 Å². The highest BCUT2D eigenvalue weighted by Crippen LogP contribution is 2.30. The minimum atomic E-state index is 0.104. The summed E-state index contributed by atoms with van der Waals surface area (Å²) in [7, 11) is 0. The van der Waals surface area contributed by atoms with Gasteiger partial charge in [0.2, 0.25) is 0 Å². The molecule has 0 saturated carbocycles. The largest absolute Gasteiger partial charge is 0.289 e. The molecule has 0 fully saturated rings. The second-order valence-corrected chi connectivity index (χ2v) is 3.16. The van der Waals surface area contributed by atoms with Crippen molar-refractivity contribution in [3.05, 3.63) is 27.8 Å². The van der Waals surface area contributed by atoms with Gasteiger partial charge < -0.3 is 0 Å². The Morgan fingerprint density at radius 1 is 1.18 bits per heavy atom. The van der Waals surface area contributed by atoms with E-state index >= 15 is 0 Å². The third kappa shape index (κ3) is 1.33. The number of hydrogen-bond acceptors (Lipinski definition) is 0. The fraction of sp³-hybridized carbons (Fsp3) is 0.333. The fourth-order valence-electron chi connectivity index (χ4n) is 1.01. The standard InChI is InChI=1S/C9H10ClO/c1-5-4-8(10)6(2)7(3)9(5)11/h4H,1-3H3. The summed E-state index contributed by atoms with van der Waals surface area (Å²) >= 11 is 5.85. The van der Waals surface area contributed by atoms with Gasteiger partial charge in [0.05, 0.1) is 0 Å². The topological polar surface area (TPSA) is 19.9 Å². The molecule has 0 spiro atoms. The Bertz CT molecular complexity index is 266. The summed E-state index contributed by atoms with van der Waals surface area (Å²) in [4.78, 5) is 0. The van der Waals surface area contributed by atoms with Crippen molar-refractivity contribution in [3.63, 3.8) is 0 Å². The molecule has 0 saturated heterocycles. The Morgan fingerprint density at radius 2 is 1.73 bits per heavy atom. The van der Waals surface area contributed by atoms with E-state index in [1.165, 1.54) is 0 Å². The second-order valence-electron chi connectivity index (χ2n) is 2.75. The molecule has 1 rings (SSSR count). The Balaban J connectivity index is 3.46. The highest BCUT2D eigenvalue weighted by molar-refractivity contribution is 6.31. The van der Waals surface area contributed by atoms with Crippen molar-refractivity contribution >= 4 is 11.6 Å². The second kappa shape index (κ2) is 2.74. The van der Waals surface area contributed by atoms with Crippen molar-refractivity contribution in [2.45, 2.75) is 20.8 Å². The van der Waals surface area contributed by atoms with Gasteiger partial charge in [-0.25, -0.2) is 0 Å². The Hall–Kier alpha value is -0.690. The van der Waals surface area contributed by atoms with E-state index in [4.69, 9.17) is 11.6 Å². The quantitative estimate of drug-likeness (QED) is 0.567. The Labute approximate surface area is 71.6 Å². The SMILES string of the molecule is Cc1cc(Cl)c(C)c(C)c1[O]. The van der Waals surface area contributed by atoms with Crippen LogP contribution in [0.2, 0.25) is 5.02 Å². The van der Waals surface area contributed by atoms with Crippen molar-refractivity contribution in [1.82, 2.24) is 0 Å². The average Bonchev–Trinajstić information content (AvgIpc) is 1.97. The zero-order valence-corrected chi connectivity index (χ0v) is 7.62. The van der Waals surface area contributed by atoms with Gasteiger partial charge in [-0.15, -0.1) is 0 Å². The van der Waals surface area contributed by atoms with E-state index in [-0.39, 0.29) is 5.75 Å². The molecule has 1 aromatic rings. The van der Waals surface area contributed by atoms with E-state index in [0.29, 0.717) is 5.02 Å². The van der Waals surface area contributed by atoms with E-state index in [9.17, 15) is 5.11 Å². The molecule has 0 N–H and O–H groups in total. The lowest BCUT2D eigenvalue weighted by molar-refractivity contribution is 0.348. The highest BCUT2D eigenvalue weighted by Gasteiger charge is 2.08. The Kier molecular flexibility index (Phi) is 2.10. The van der Waals surface area contributed by atoms with Crippen LogP contribution in [0.4, 0.5) is 0 Å². The normalized spacial score (nSPS) is 10.2. The lowest BCUT2D eigenvalue weighted by Crippen LogP contribution is -1.85. The van der Waals surface area contributed by atoms with Crippen molar-refractivity contribution in [1.29, 1.82) is 0 Å². The first-order valence-corrected chi connectivity index (χ1v) is 3.85. The van der Waals surface area contributed by atoms with E-state index in [1.807, 2.05) is 6.92 Å². The van der Waals surface area contributed by atoms with Gasteiger partial charge in [0, 0.05) is 10.6 Å². The first-order valence-electron chi connectivity index (χ1n) is 3.47. The summed E-state index contributed by atoms with van der Waals surface area (Å²) in [6.45, 7) is 5.44. The zero-order valence-electron chi connectivity index (χ0n) is 6.86. The van der Waals surface area contributed by atoms with Crippen LogP contribution in [0.1, 0.15) is 16.7 Å². The molecule has 0 amide bonds. The molecule has 0 aliphatic carbocycles. The van der Waals surface area contributed by atoms with Crippen LogP contribution in [0.15, 0.2) is 6.07 Å². The molecule has 1 radical (unpaired) electrons. The smallest absolute Gasteiger partial charge is 0.184 e. The van der Waals surface area contributed by atoms with Gasteiger partial charge in [0.25, 0.3) is 0 Å². The lowest BCUT2D eigenvalue weighted by Gasteiger charge is -2.05. The van der Waals surface area contributed by atoms with Gasteiger partial charge in [0.15, 0.2) is 5.75 Å². The predicted octanol–water partition coefficient (Wildman–Crippen LogP) is 3.41. The number of hydrogen-bond donors (Lipinski definition) is 0. The molecule has 0 atom stereocenters. The van der Waals surface area contributed by atoms with E-state index < -0.39 is 0 Å². The molecule has 0 heterocycles. The first kappa shape index (κ1) is 8.41. The fourth-order valence-corrected chi connectivity index (χ4v) is 1.31. The monoisotopic (exact) mass is 169 g/mol. The lowest BCUT2D eigenvalue weighted by atomic mass is 10.1. The van der Waals surface area contributed by atoms with Crippen LogP contribution in [0.25, 0.3) is 0 Å². The number of aryl methyl sites for hydroxylation is 1. The summed E-state index contributed by atoms with van der Waals surface area (Å²) in [6, 6.07) is 1.71. The highest BCUT2D eigenvalue weighted by atomic mass is 35.5.